The van der Waals surface area contributed by atoms with Crippen molar-refractivity contribution in [1.29, 1.82) is 0 Å². The number of rotatable bonds is 6. The first kappa shape index (κ1) is 22.2. The van der Waals surface area contributed by atoms with Crippen LogP contribution in [0.1, 0.15) is 19.3 Å². The molecule has 6 nitrogen and oxygen atoms in total. The Bertz CT molecular complexity index is 1610. The zero-order valence-electron chi connectivity index (χ0n) is 20.9. The standard InChI is InChI=1S/C31H29N3O3/c1-36-26-9-10-28-27(17-26)32-30(34(28)19-20-12-14-33(18-20)31(35)23-6-7-23)22-4-2-21(3-5-22)24-8-11-29-25(16-24)13-15-37-29/h2-5,8-11,13,15-17,20,23H,6-7,12,14,18-19H2,1H3. The van der Waals surface area contributed by atoms with Crippen molar-refractivity contribution in [2.45, 2.75) is 25.8 Å². The molecule has 1 atom stereocenters. The summed E-state index contributed by atoms with van der Waals surface area (Å²) in [5, 5.41) is 1.10. The molecule has 1 saturated heterocycles. The molecule has 5 aromatic rings. The maximum atomic E-state index is 12.6. The van der Waals surface area contributed by atoms with Gasteiger partial charge in [-0.2, -0.15) is 0 Å². The van der Waals surface area contributed by atoms with E-state index in [2.05, 4.69) is 51.9 Å². The zero-order chi connectivity index (χ0) is 24.9. The lowest BCUT2D eigenvalue weighted by Gasteiger charge is -2.18. The number of aromatic nitrogens is 2. The summed E-state index contributed by atoms with van der Waals surface area (Å²) in [7, 11) is 1.68. The molecule has 0 bridgehead atoms. The summed E-state index contributed by atoms with van der Waals surface area (Å²) >= 11 is 0. The molecule has 2 aromatic heterocycles. The van der Waals surface area contributed by atoms with Gasteiger partial charge < -0.3 is 18.6 Å². The van der Waals surface area contributed by atoms with Crippen LogP contribution in [0.2, 0.25) is 0 Å². The maximum absolute atomic E-state index is 12.6. The number of furan rings is 1. The molecule has 2 aliphatic rings. The van der Waals surface area contributed by atoms with Crippen LogP contribution in [0.25, 0.3) is 44.5 Å². The number of amides is 1. The van der Waals surface area contributed by atoms with E-state index in [0.29, 0.717) is 11.8 Å². The van der Waals surface area contributed by atoms with Crippen LogP contribution in [0.5, 0.6) is 5.75 Å². The number of hydrogen-bond acceptors (Lipinski definition) is 4. The van der Waals surface area contributed by atoms with E-state index in [1.54, 1.807) is 13.4 Å². The summed E-state index contributed by atoms with van der Waals surface area (Å²) in [4.78, 5) is 19.8. The summed E-state index contributed by atoms with van der Waals surface area (Å²) < 4.78 is 13.3. The minimum atomic E-state index is 0.281. The van der Waals surface area contributed by atoms with Crippen molar-refractivity contribution in [2.75, 3.05) is 20.2 Å². The Hall–Kier alpha value is -4.06. The van der Waals surface area contributed by atoms with E-state index in [-0.39, 0.29) is 5.92 Å². The lowest BCUT2D eigenvalue weighted by molar-refractivity contribution is -0.131. The lowest BCUT2D eigenvalue weighted by Crippen LogP contribution is -2.30. The third-order valence-electron chi connectivity index (χ3n) is 7.85. The molecule has 3 aromatic carbocycles. The van der Waals surface area contributed by atoms with Crippen LogP contribution in [0.3, 0.4) is 0 Å². The molecule has 37 heavy (non-hydrogen) atoms. The Morgan fingerprint density at radius 1 is 0.973 bits per heavy atom. The smallest absolute Gasteiger partial charge is 0.225 e. The van der Waals surface area contributed by atoms with E-state index < -0.39 is 0 Å². The second-order valence-corrected chi connectivity index (χ2v) is 10.4. The normalized spacial score (nSPS) is 17.6. The van der Waals surface area contributed by atoms with Crippen molar-refractivity contribution in [2.24, 2.45) is 11.8 Å². The van der Waals surface area contributed by atoms with Gasteiger partial charge in [0.05, 0.1) is 24.4 Å². The van der Waals surface area contributed by atoms with Crippen molar-refractivity contribution < 1.29 is 13.9 Å². The number of likely N-dealkylation sites (tertiary alicyclic amines) is 1. The Balaban J connectivity index is 1.22. The van der Waals surface area contributed by atoms with Gasteiger partial charge in [-0.3, -0.25) is 4.79 Å². The molecular weight excluding hydrogens is 462 g/mol. The number of ether oxygens (including phenoxy) is 1. The van der Waals surface area contributed by atoms with E-state index in [4.69, 9.17) is 14.1 Å². The quantitative estimate of drug-likeness (QED) is 0.276. The molecular formula is C31H29N3O3. The molecule has 3 heterocycles. The van der Waals surface area contributed by atoms with Crippen molar-refractivity contribution in [3.8, 4) is 28.3 Å². The van der Waals surface area contributed by atoms with E-state index in [1.807, 2.05) is 24.3 Å². The number of fused-ring (bicyclic) bond motifs is 2. The number of methoxy groups -OCH3 is 1. The average molecular weight is 492 g/mol. The summed E-state index contributed by atoms with van der Waals surface area (Å²) in [5.74, 6) is 2.81. The molecule has 2 fully saturated rings. The minimum absolute atomic E-state index is 0.281. The van der Waals surface area contributed by atoms with Gasteiger partial charge >= 0.3 is 0 Å². The topological polar surface area (TPSA) is 60.5 Å². The Morgan fingerprint density at radius 3 is 2.59 bits per heavy atom. The molecule has 1 aliphatic heterocycles. The monoisotopic (exact) mass is 491 g/mol. The number of carbonyl (C=O) groups excluding carboxylic acids is 1. The molecule has 6 heteroatoms. The fraction of sp³-hybridized carbons (Fsp3) is 0.290. The minimum Gasteiger partial charge on any atom is -0.497 e. The number of benzene rings is 3. The summed E-state index contributed by atoms with van der Waals surface area (Å²) in [6.07, 6.45) is 4.87. The molecule has 1 amide bonds. The average Bonchev–Trinajstić information content (AvgIpc) is 3.33. The second-order valence-electron chi connectivity index (χ2n) is 10.4. The highest BCUT2D eigenvalue weighted by Crippen LogP contribution is 2.35. The second kappa shape index (κ2) is 8.80. The number of carbonyl (C=O) groups is 1. The van der Waals surface area contributed by atoms with Gasteiger partial charge in [-0.1, -0.05) is 30.3 Å². The van der Waals surface area contributed by atoms with Gasteiger partial charge in [0.15, 0.2) is 0 Å². The third kappa shape index (κ3) is 4.06. The van der Waals surface area contributed by atoms with Crippen LogP contribution < -0.4 is 4.74 Å². The first-order valence-corrected chi connectivity index (χ1v) is 13.1. The van der Waals surface area contributed by atoms with Gasteiger partial charge in [-0.25, -0.2) is 4.98 Å². The van der Waals surface area contributed by atoms with Crippen molar-refractivity contribution in [3.05, 3.63) is 73.0 Å². The summed E-state index contributed by atoms with van der Waals surface area (Å²) in [6, 6.07) is 23.0. The molecule has 1 unspecified atom stereocenters. The highest BCUT2D eigenvalue weighted by Gasteiger charge is 2.36. The van der Waals surface area contributed by atoms with Gasteiger partial charge in [-0.05, 0) is 66.6 Å². The molecule has 1 saturated carbocycles. The molecule has 0 N–H and O–H groups in total. The van der Waals surface area contributed by atoms with Crippen molar-refractivity contribution in [1.82, 2.24) is 14.5 Å². The van der Waals surface area contributed by atoms with Crippen LogP contribution in [0, 0.1) is 11.8 Å². The zero-order valence-corrected chi connectivity index (χ0v) is 20.9. The van der Waals surface area contributed by atoms with Crippen LogP contribution in [0.4, 0.5) is 0 Å². The number of nitrogens with zero attached hydrogens (tertiary/aromatic N) is 3. The largest absolute Gasteiger partial charge is 0.497 e. The van der Waals surface area contributed by atoms with Crippen molar-refractivity contribution in [3.63, 3.8) is 0 Å². The van der Waals surface area contributed by atoms with E-state index in [0.717, 1.165) is 89.2 Å². The van der Waals surface area contributed by atoms with Crippen LogP contribution >= 0.6 is 0 Å². The fourth-order valence-corrected chi connectivity index (χ4v) is 5.63. The predicted molar refractivity (Wildman–Crippen MR) is 144 cm³/mol. The molecule has 0 spiro atoms. The van der Waals surface area contributed by atoms with E-state index >= 15 is 0 Å². The Labute approximate surface area is 215 Å². The van der Waals surface area contributed by atoms with Crippen molar-refractivity contribution >= 4 is 27.9 Å². The number of hydrogen-bond donors (Lipinski definition) is 0. The first-order valence-electron chi connectivity index (χ1n) is 13.1. The summed E-state index contributed by atoms with van der Waals surface area (Å²) in [5.41, 5.74) is 6.30. The fourth-order valence-electron chi connectivity index (χ4n) is 5.63. The highest BCUT2D eigenvalue weighted by atomic mass is 16.5. The van der Waals surface area contributed by atoms with Gasteiger partial charge in [0.25, 0.3) is 0 Å². The molecule has 0 radical (unpaired) electrons. The SMILES string of the molecule is COc1ccc2c(c1)nc(-c1ccc(-c3ccc4occc4c3)cc1)n2CC1CCN(C(=O)C2CC2)C1. The van der Waals surface area contributed by atoms with Gasteiger partial charge in [0, 0.05) is 42.6 Å². The maximum Gasteiger partial charge on any atom is 0.225 e. The number of imidazole rings is 1. The predicted octanol–water partition coefficient (Wildman–Crippen LogP) is 6.38. The van der Waals surface area contributed by atoms with Gasteiger partial charge in [0.1, 0.15) is 17.2 Å². The van der Waals surface area contributed by atoms with Gasteiger partial charge in [-0.15, -0.1) is 0 Å². The Kier molecular flexibility index (Phi) is 5.27. The summed E-state index contributed by atoms with van der Waals surface area (Å²) in [6.45, 7) is 2.54. The van der Waals surface area contributed by atoms with Gasteiger partial charge in [0.2, 0.25) is 5.91 Å². The van der Waals surface area contributed by atoms with E-state index in [9.17, 15) is 4.79 Å². The third-order valence-corrected chi connectivity index (χ3v) is 7.85. The van der Waals surface area contributed by atoms with Crippen LogP contribution in [-0.4, -0.2) is 40.6 Å². The lowest BCUT2D eigenvalue weighted by atomic mass is 10.0. The Morgan fingerprint density at radius 2 is 1.78 bits per heavy atom. The van der Waals surface area contributed by atoms with Crippen LogP contribution in [0.15, 0.2) is 77.4 Å². The highest BCUT2D eigenvalue weighted by molar-refractivity contribution is 5.85. The molecule has 186 valence electrons. The molecule has 7 rings (SSSR count). The van der Waals surface area contributed by atoms with E-state index in [1.165, 1.54) is 0 Å². The van der Waals surface area contributed by atoms with Crippen LogP contribution in [-0.2, 0) is 11.3 Å². The first-order chi connectivity index (χ1) is 18.2. The molecule has 1 aliphatic carbocycles.